The number of nitrogens with zero attached hydrogens (tertiary/aromatic N) is 1. The normalized spacial score (nSPS) is 20.6. The minimum absolute atomic E-state index is 0. The molecule has 0 bridgehead atoms. The third-order valence-corrected chi connectivity index (χ3v) is 5.70. The molecule has 2 atom stereocenters. The summed E-state index contributed by atoms with van der Waals surface area (Å²) in [4.78, 5) is 14.4. The number of hydrogen-bond acceptors (Lipinski definition) is 2. The zero-order chi connectivity index (χ0) is 18.2. The molecule has 4 nitrogen and oxygen atoms in total. The molecule has 1 saturated heterocycles. The van der Waals surface area contributed by atoms with Crippen molar-refractivity contribution in [2.24, 2.45) is 0 Å². The topological polar surface area (TPSA) is 44.4 Å². The minimum Gasteiger partial charge on any atom is -0.319 e. The van der Waals surface area contributed by atoms with Gasteiger partial charge in [0.2, 0.25) is 0 Å². The fourth-order valence-corrected chi connectivity index (χ4v) is 3.95. The van der Waals surface area contributed by atoms with Gasteiger partial charge in [-0.05, 0) is 37.0 Å². The fraction of sp³-hybridized carbons (Fsp3) is 0.682. The molecule has 2 N–H and O–H groups in total. The third kappa shape index (κ3) is 7.00. The van der Waals surface area contributed by atoms with Crippen molar-refractivity contribution < 1.29 is 4.79 Å². The largest absolute Gasteiger partial charge is 0.322 e. The van der Waals surface area contributed by atoms with Crippen molar-refractivity contribution in [3.8, 4) is 0 Å². The van der Waals surface area contributed by atoms with E-state index in [1.807, 2.05) is 17.0 Å². The van der Waals surface area contributed by atoms with Gasteiger partial charge in [-0.1, -0.05) is 64.0 Å². The Balaban J connectivity index is 0.00000261. The number of rotatable bonds is 10. The Kier molecular flexibility index (Phi) is 9.43. The van der Waals surface area contributed by atoms with Crippen LogP contribution >= 0.6 is 12.4 Å². The number of amides is 2. The van der Waals surface area contributed by atoms with Gasteiger partial charge in [0, 0.05) is 24.8 Å². The van der Waals surface area contributed by atoms with E-state index in [2.05, 4.69) is 29.7 Å². The highest BCUT2D eigenvalue weighted by atomic mass is 35.5. The zero-order valence-corrected chi connectivity index (χ0v) is 17.5. The number of aryl methyl sites for hydroxylation is 1. The van der Waals surface area contributed by atoms with Gasteiger partial charge in [-0.3, -0.25) is 0 Å². The van der Waals surface area contributed by atoms with Crippen molar-refractivity contribution in [1.29, 1.82) is 0 Å². The van der Waals surface area contributed by atoms with Crippen LogP contribution in [0.25, 0.3) is 0 Å². The number of urea groups is 1. The highest BCUT2D eigenvalue weighted by molar-refractivity contribution is 5.90. The van der Waals surface area contributed by atoms with E-state index >= 15 is 0 Å². The number of piperazine rings is 1. The van der Waals surface area contributed by atoms with Crippen molar-refractivity contribution in [3.05, 3.63) is 29.8 Å². The van der Waals surface area contributed by atoms with Crippen LogP contribution in [0.2, 0.25) is 0 Å². The molecular formula is C22H36ClN3O. The van der Waals surface area contributed by atoms with Gasteiger partial charge in [-0.2, -0.15) is 0 Å². The highest BCUT2D eigenvalue weighted by Gasteiger charge is 2.46. The summed E-state index contributed by atoms with van der Waals surface area (Å²) in [6.45, 7) is 3.99. The average Bonchev–Trinajstić information content (AvgIpc) is 3.45. The Bertz CT molecular complexity index is 563. The smallest absolute Gasteiger partial charge is 0.319 e. The van der Waals surface area contributed by atoms with Gasteiger partial charge < -0.3 is 15.5 Å². The summed E-state index contributed by atoms with van der Waals surface area (Å²) in [6.07, 6.45) is 13.1. The molecule has 2 aliphatic rings. The van der Waals surface area contributed by atoms with Crippen LogP contribution in [0.5, 0.6) is 0 Å². The standard InChI is InChI=1S/C22H35N3O.ClH/c1-2-3-4-5-6-7-8-9-10-18-11-13-19(14-12-18)24-22(26)25-16-15-23-20-17-21(20)25;/h11-14,20-21,23H,2-10,15-17H2,1H3,(H,24,26);1H. The quantitative estimate of drug-likeness (QED) is 0.525. The van der Waals surface area contributed by atoms with Crippen molar-refractivity contribution in [3.63, 3.8) is 0 Å². The summed E-state index contributed by atoms with van der Waals surface area (Å²) in [5, 5.41) is 6.49. The van der Waals surface area contributed by atoms with Crippen LogP contribution in [0.1, 0.15) is 70.3 Å². The average molecular weight is 394 g/mol. The maximum atomic E-state index is 12.4. The molecule has 0 spiro atoms. The monoisotopic (exact) mass is 393 g/mol. The molecule has 1 saturated carbocycles. The highest BCUT2D eigenvalue weighted by Crippen LogP contribution is 2.30. The lowest BCUT2D eigenvalue weighted by atomic mass is 10.0. The summed E-state index contributed by atoms with van der Waals surface area (Å²) in [7, 11) is 0. The molecule has 5 heteroatoms. The van der Waals surface area contributed by atoms with Gasteiger partial charge in [0.15, 0.2) is 0 Å². The van der Waals surface area contributed by atoms with E-state index < -0.39 is 0 Å². The van der Waals surface area contributed by atoms with Gasteiger partial charge in [-0.15, -0.1) is 12.4 Å². The number of anilines is 1. The fourth-order valence-electron chi connectivity index (χ4n) is 3.95. The van der Waals surface area contributed by atoms with E-state index in [1.165, 1.54) is 56.9 Å². The first-order valence-corrected chi connectivity index (χ1v) is 10.7. The van der Waals surface area contributed by atoms with E-state index in [1.54, 1.807) is 0 Å². The molecule has 0 radical (unpaired) electrons. The summed E-state index contributed by atoms with van der Waals surface area (Å²) < 4.78 is 0. The van der Waals surface area contributed by atoms with E-state index in [0.717, 1.165) is 31.6 Å². The van der Waals surface area contributed by atoms with Crippen LogP contribution in [0.4, 0.5) is 10.5 Å². The lowest BCUT2D eigenvalue weighted by Gasteiger charge is -2.27. The molecule has 27 heavy (non-hydrogen) atoms. The number of carbonyl (C=O) groups excluding carboxylic acids is 1. The molecule has 1 aliphatic carbocycles. The van der Waals surface area contributed by atoms with Crippen molar-refractivity contribution >= 4 is 24.1 Å². The molecule has 1 aromatic rings. The van der Waals surface area contributed by atoms with E-state index in [-0.39, 0.29) is 18.4 Å². The number of nitrogens with one attached hydrogen (secondary N) is 2. The lowest BCUT2D eigenvalue weighted by molar-refractivity contribution is 0.199. The second-order valence-electron chi connectivity index (χ2n) is 7.91. The molecule has 2 unspecified atom stereocenters. The van der Waals surface area contributed by atoms with Gasteiger partial charge in [0.05, 0.1) is 6.04 Å². The van der Waals surface area contributed by atoms with Crippen molar-refractivity contribution in [2.45, 2.75) is 83.2 Å². The predicted octanol–water partition coefficient (Wildman–Crippen LogP) is 5.37. The van der Waals surface area contributed by atoms with Crippen LogP contribution in [-0.4, -0.2) is 36.1 Å². The first-order chi connectivity index (χ1) is 12.8. The Morgan fingerprint density at radius 3 is 2.44 bits per heavy atom. The van der Waals surface area contributed by atoms with Crippen molar-refractivity contribution in [2.75, 3.05) is 18.4 Å². The zero-order valence-electron chi connectivity index (χ0n) is 16.7. The molecule has 3 rings (SSSR count). The van der Waals surface area contributed by atoms with Gasteiger partial charge in [0.25, 0.3) is 0 Å². The molecule has 1 heterocycles. The van der Waals surface area contributed by atoms with Gasteiger partial charge in [0.1, 0.15) is 0 Å². The van der Waals surface area contributed by atoms with Gasteiger partial charge >= 0.3 is 6.03 Å². The van der Waals surface area contributed by atoms with E-state index in [9.17, 15) is 4.79 Å². The Hall–Kier alpha value is -1.26. The molecule has 2 amide bonds. The lowest BCUT2D eigenvalue weighted by Crippen LogP contribution is -2.48. The predicted molar refractivity (Wildman–Crippen MR) is 116 cm³/mol. The first kappa shape index (κ1) is 22.0. The van der Waals surface area contributed by atoms with E-state index in [0.29, 0.717) is 12.1 Å². The SMILES string of the molecule is CCCCCCCCCCc1ccc(NC(=O)N2CCNC3CC32)cc1.Cl. The maximum Gasteiger partial charge on any atom is 0.322 e. The van der Waals surface area contributed by atoms with Crippen LogP contribution in [0.15, 0.2) is 24.3 Å². The summed E-state index contributed by atoms with van der Waals surface area (Å²) >= 11 is 0. The Morgan fingerprint density at radius 1 is 1.07 bits per heavy atom. The molecule has 152 valence electrons. The number of halogens is 1. The third-order valence-electron chi connectivity index (χ3n) is 5.70. The van der Waals surface area contributed by atoms with Crippen LogP contribution < -0.4 is 10.6 Å². The molecule has 0 aromatic heterocycles. The summed E-state index contributed by atoms with van der Waals surface area (Å²) in [5.41, 5.74) is 2.28. The molecule has 2 fully saturated rings. The second-order valence-corrected chi connectivity index (χ2v) is 7.91. The number of hydrogen-bond donors (Lipinski definition) is 2. The van der Waals surface area contributed by atoms with E-state index in [4.69, 9.17) is 0 Å². The molecule has 1 aromatic carbocycles. The minimum atomic E-state index is 0. The van der Waals surface area contributed by atoms with Crippen LogP contribution in [-0.2, 0) is 6.42 Å². The number of unbranched alkanes of at least 4 members (excludes halogenated alkanes) is 7. The molecular weight excluding hydrogens is 358 g/mol. The number of benzene rings is 1. The number of fused-ring (bicyclic) bond motifs is 1. The first-order valence-electron chi connectivity index (χ1n) is 10.7. The summed E-state index contributed by atoms with van der Waals surface area (Å²) in [6, 6.07) is 9.40. The van der Waals surface area contributed by atoms with Gasteiger partial charge in [-0.25, -0.2) is 4.79 Å². The van der Waals surface area contributed by atoms with Crippen molar-refractivity contribution in [1.82, 2.24) is 10.2 Å². The Labute approximate surface area is 170 Å². The molecule has 1 aliphatic heterocycles. The number of carbonyl (C=O) groups is 1. The maximum absolute atomic E-state index is 12.4. The Morgan fingerprint density at radius 2 is 1.74 bits per heavy atom. The second kappa shape index (κ2) is 11.6. The van der Waals surface area contributed by atoms with Crippen LogP contribution in [0.3, 0.4) is 0 Å². The van der Waals surface area contributed by atoms with Crippen LogP contribution in [0, 0.1) is 0 Å². The summed E-state index contributed by atoms with van der Waals surface area (Å²) in [5.74, 6) is 0.